The van der Waals surface area contributed by atoms with Crippen molar-refractivity contribution in [2.24, 2.45) is 0 Å². The Labute approximate surface area is 165 Å². The number of carbonyl (C=O) groups excluding carboxylic acids is 1. The van der Waals surface area contributed by atoms with Crippen LogP contribution in [0.1, 0.15) is 61.1 Å². The predicted octanol–water partition coefficient (Wildman–Crippen LogP) is 3.44. The summed E-state index contributed by atoms with van der Waals surface area (Å²) in [5.74, 6) is -0.142. The van der Waals surface area contributed by atoms with Crippen molar-refractivity contribution >= 4 is 21.8 Å². The molecule has 8 nitrogen and oxygen atoms in total. The number of hydrogen-bond donors (Lipinski definition) is 2. The number of nitrogens with zero attached hydrogens (tertiary/aromatic N) is 1. The number of hydrogen-bond acceptors (Lipinski definition) is 6. The zero-order chi connectivity index (χ0) is 20.7. The first-order valence-corrected chi connectivity index (χ1v) is 10.7. The van der Waals surface area contributed by atoms with Crippen LogP contribution in [-0.4, -0.2) is 38.3 Å². The Morgan fingerprint density at radius 2 is 2.00 bits per heavy atom. The number of methoxy groups -OCH3 is 1. The Bertz CT molecular complexity index is 908. The number of aromatic nitrogens is 2. The molecule has 28 heavy (non-hydrogen) atoms. The van der Waals surface area contributed by atoms with Crippen LogP contribution in [0.25, 0.3) is 0 Å². The lowest BCUT2D eigenvalue weighted by Gasteiger charge is -2.10. The fraction of sp³-hybridized carbons (Fsp3) is 0.474. The van der Waals surface area contributed by atoms with Crippen LogP contribution >= 0.6 is 0 Å². The number of H-pyrrole nitrogens is 1. The maximum atomic E-state index is 12.8. The van der Waals surface area contributed by atoms with Gasteiger partial charge in [-0.2, -0.15) is 5.10 Å². The first-order valence-electron chi connectivity index (χ1n) is 9.18. The van der Waals surface area contributed by atoms with Gasteiger partial charge in [0.15, 0.2) is 5.82 Å². The van der Waals surface area contributed by atoms with E-state index in [-0.39, 0.29) is 35.4 Å². The van der Waals surface area contributed by atoms with Crippen LogP contribution in [0.4, 0.5) is 5.82 Å². The summed E-state index contributed by atoms with van der Waals surface area (Å²) in [5.41, 5.74) is 1.56. The van der Waals surface area contributed by atoms with E-state index >= 15 is 0 Å². The van der Waals surface area contributed by atoms with Gasteiger partial charge in [0, 0.05) is 18.9 Å². The first kappa shape index (κ1) is 21.9. The van der Waals surface area contributed by atoms with Gasteiger partial charge in [0.2, 0.25) is 0 Å². The largest absolute Gasteiger partial charge is 0.462 e. The van der Waals surface area contributed by atoms with E-state index in [9.17, 15) is 13.2 Å². The number of ether oxygens (including phenoxy) is 2. The van der Waals surface area contributed by atoms with Crippen LogP contribution in [0.15, 0.2) is 29.2 Å². The van der Waals surface area contributed by atoms with E-state index in [1.165, 1.54) is 19.2 Å². The minimum absolute atomic E-state index is 0.0590. The summed E-state index contributed by atoms with van der Waals surface area (Å²) in [7, 11) is -2.45. The molecule has 9 heteroatoms. The second kappa shape index (κ2) is 9.70. The Morgan fingerprint density at radius 3 is 2.64 bits per heavy atom. The number of nitrogens with one attached hydrogen (secondary N) is 2. The SMILES string of the molecule is CCCC(C)c1cc(NS(=O)(=O)c2cc(COC)cc(C(=O)OCC)c2)n[nH]1. The topological polar surface area (TPSA) is 110 Å². The van der Waals surface area contributed by atoms with Gasteiger partial charge in [0.25, 0.3) is 10.0 Å². The van der Waals surface area contributed by atoms with Crippen molar-refractivity contribution in [2.75, 3.05) is 18.4 Å². The monoisotopic (exact) mass is 409 g/mol. The van der Waals surface area contributed by atoms with Crippen molar-refractivity contribution in [2.45, 2.75) is 51.0 Å². The molecule has 0 amide bonds. The molecule has 0 bridgehead atoms. The Hall–Kier alpha value is -2.39. The van der Waals surface area contributed by atoms with Crippen molar-refractivity contribution in [1.82, 2.24) is 10.2 Å². The van der Waals surface area contributed by atoms with Crippen LogP contribution in [0, 0.1) is 0 Å². The molecular formula is C19H27N3O5S. The molecule has 1 atom stereocenters. The summed E-state index contributed by atoms with van der Waals surface area (Å²) in [6.07, 6.45) is 1.99. The smallest absolute Gasteiger partial charge is 0.338 e. The van der Waals surface area contributed by atoms with E-state index < -0.39 is 16.0 Å². The van der Waals surface area contributed by atoms with Gasteiger partial charge in [0.1, 0.15) is 0 Å². The summed E-state index contributed by atoms with van der Waals surface area (Å²) in [6.45, 7) is 6.18. The molecule has 0 aliphatic heterocycles. The molecule has 2 N–H and O–H groups in total. The molecule has 0 fully saturated rings. The minimum Gasteiger partial charge on any atom is -0.462 e. The number of benzene rings is 1. The van der Waals surface area contributed by atoms with Crippen molar-refractivity contribution in [1.29, 1.82) is 0 Å². The lowest BCUT2D eigenvalue weighted by molar-refractivity contribution is 0.0525. The second-order valence-electron chi connectivity index (χ2n) is 6.52. The second-order valence-corrected chi connectivity index (χ2v) is 8.21. The quantitative estimate of drug-likeness (QED) is 0.582. The van der Waals surface area contributed by atoms with Gasteiger partial charge in [-0.3, -0.25) is 9.82 Å². The number of anilines is 1. The number of rotatable bonds is 10. The molecular weight excluding hydrogens is 382 g/mol. The molecule has 1 heterocycles. The fourth-order valence-electron chi connectivity index (χ4n) is 2.82. The molecule has 0 aliphatic carbocycles. The van der Waals surface area contributed by atoms with Gasteiger partial charge in [-0.1, -0.05) is 20.3 Å². The highest BCUT2D eigenvalue weighted by Gasteiger charge is 2.20. The highest BCUT2D eigenvalue weighted by atomic mass is 32.2. The van der Waals surface area contributed by atoms with E-state index in [4.69, 9.17) is 9.47 Å². The Balaban J connectivity index is 2.32. The van der Waals surface area contributed by atoms with Crippen molar-refractivity contribution in [3.8, 4) is 0 Å². The van der Waals surface area contributed by atoms with E-state index in [0.29, 0.717) is 5.56 Å². The third kappa shape index (κ3) is 5.56. The minimum atomic E-state index is -3.95. The third-order valence-corrected chi connectivity index (χ3v) is 5.52. The van der Waals surface area contributed by atoms with Crippen LogP contribution in [-0.2, 0) is 26.1 Å². The van der Waals surface area contributed by atoms with Gasteiger partial charge in [-0.05, 0) is 43.0 Å². The van der Waals surface area contributed by atoms with E-state index in [1.807, 2.05) is 0 Å². The average Bonchev–Trinajstić information content (AvgIpc) is 3.10. The number of esters is 1. The lowest BCUT2D eigenvalue weighted by Crippen LogP contribution is -2.15. The molecule has 0 aliphatic rings. The number of carbonyl (C=O) groups is 1. The van der Waals surface area contributed by atoms with Crippen LogP contribution in [0.2, 0.25) is 0 Å². The molecule has 0 radical (unpaired) electrons. The van der Waals surface area contributed by atoms with Gasteiger partial charge in [-0.25, -0.2) is 13.2 Å². The molecule has 0 saturated heterocycles. The van der Waals surface area contributed by atoms with Gasteiger partial charge in [-0.15, -0.1) is 0 Å². The zero-order valence-corrected chi connectivity index (χ0v) is 17.4. The van der Waals surface area contributed by atoms with Crippen LogP contribution in [0.5, 0.6) is 0 Å². The van der Waals surface area contributed by atoms with Crippen molar-refractivity contribution in [3.63, 3.8) is 0 Å². The van der Waals surface area contributed by atoms with Crippen molar-refractivity contribution < 1.29 is 22.7 Å². The predicted molar refractivity (Wildman–Crippen MR) is 106 cm³/mol. The summed E-state index contributed by atoms with van der Waals surface area (Å²) in [4.78, 5) is 12.0. The van der Waals surface area contributed by atoms with Gasteiger partial charge in [0.05, 0.1) is 23.7 Å². The lowest BCUT2D eigenvalue weighted by atomic mass is 10.0. The van der Waals surface area contributed by atoms with Crippen LogP contribution in [0.3, 0.4) is 0 Å². The fourth-order valence-corrected chi connectivity index (χ4v) is 3.91. The summed E-state index contributed by atoms with van der Waals surface area (Å²) < 4.78 is 38.2. The summed E-state index contributed by atoms with van der Waals surface area (Å²) in [5, 5.41) is 6.92. The van der Waals surface area contributed by atoms with E-state index in [0.717, 1.165) is 18.5 Å². The number of aromatic amines is 1. The van der Waals surface area contributed by atoms with E-state index in [2.05, 4.69) is 28.8 Å². The van der Waals surface area contributed by atoms with Gasteiger partial charge < -0.3 is 9.47 Å². The standard InChI is InChI=1S/C19H27N3O5S/c1-5-7-13(3)17-11-18(21-20-17)22-28(24,25)16-9-14(12-26-4)8-15(10-16)19(23)27-6-2/h8-11,13H,5-7,12H2,1-4H3,(H2,20,21,22). The molecule has 2 rings (SSSR count). The maximum absolute atomic E-state index is 12.8. The average molecular weight is 410 g/mol. The van der Waals surface area contributed by atoms with Crippen LogP contribution < -0.4 is 4.72 Å². The Morgan fingerprint density at radius 1 is 1.25 bits per heavy atom. The summed E-state index contributed by atoms with van der Waals surface area (Å²) in [6, 6.07) is 5.98. The highest BCUT2D eigenvalue weighted by Crippen LogP contribution is 2.23. The normalized spacial score (nSPS) is 12.6. The Kier molecular flexibility index (Phi) is 7.59. The maximum Gasteiger partial charge on any atom is 0.338 e. The molecule has 154 valence electrons. The molecule has 1 unspecified atom stereocenters. The highest BCUT2D eigenvalue weighted by molar-refractivity contribution is 7.92. The first-order chi connectivity index (χ1) is 13.3. The molecule has 1 aromatic carbocycles. The molecule has 0 saturated carbocycles. The summed E-state index contributed by atoms with van der Waals surface area (Å²) >= 11 is 0. The number of sulfonamides is 1. The molecule has 2 aromatic rings. The molecule has 0 spiro atoms. The third-order valence-electron chi connectivity index (χ3n) is 4.19. The van der Waals surface area contributed by atoms with E-state index in [1.54, 1.807) is 19.1 Å². The van der Waals surface area contributed by atoms with Gasteiger partial charge >= 0.3 is 5.97 Å². The molecule has 1 aromatic heterocycles. The zero-order valence-electron chi connectivity index (χ0n) is 16.6. The van der Waals surface area contributed by atoms with Crippen molar-refractivity contribution in [3.05, 3.63) is 41.1 Å².